The highest BCUT2D eigenvalue weighted by atomic mass is 79.9. The van der Waals surface area contributed by atoms with Gasteiger partial charge in [-0.05, 0) is 33.6 Å². The van der Waals surface area contributed by atoms with Crippen LogP contribution in [0, 0.1) is 0 Å². The summed E-state index contributed by atoms with van der Waals surface area (Å²) in [4.78, 5) is 3.84. The molecular weight excluding hydrogens is 419 g/mol. The first-order chi connectivity index (χ1) is 11.0. The summed E-state index contributed by atoms with van der Waals surface area (Å²) in [6.45, 7) is -0.383. The largest absolute Gasteiger partial charge is 0.523 e. The average molecular weight is 434 g/mol. The summed E-state index contributed by atoms with van der Waals surface area (Å²) in [6, 6.07) is 5.04. The van der Waals surface area contributed by atoms with Crippen LogP contribution in [-0.2, 0) is 20.8 Å². The van der Waals surface area contributed by atoms with Gasteiger partial charge in [0.25, 0.3) is 0 Å². The van der Waals surface area contributed by atoms with E-state index in [4.69, 9.17) is 16.2 Å². The van der Waals surface area contributed by atoms with E-state index in [1.807, 2.05) is 0 Å². The Morgan fingerprint density at radius 3 is 2.46 bits per heavy atom. The molecule has 0 bridgehead atoms. The van der Waals surface area contributed by atoms with Crippen molar-refractivity contribution in [2.75, 3.05) is 13.2 Å². The molecule has 4 N–H and O–H groups in total. The molecule has 0 saturated heterocycles. The number of hydrogen-bond acceptors (Lipinski definition) is 5. The molecule has 0 saturated carbocycles. The van der Waals surface area contributed by atoms with Gasteiger partial charge in [-0.3, -0.25) is 4.18 Å². The molecule has 0 aliphatic rings. The highest BCUT2D eigenvalue weighted by molar-refractivity contribution is 9.10. The fourth-order valence-electron chi connectivity index (χ4n) is 1.42. The summed E-state index contributed by atoms with van der Waals surface area (Å²) < 4.78 is 67.2. The minimum atomic E-state index is -5.57. The number of aliphatic imine (C=N–C) groups is 1. The van der Waals surface area contributed by atoms with Crippen molar-refractivity contribution >= 4 is 32.0 Å². The molecular formula is C12H15BrF3N3O4S. The Kier molecular flexibility index (Phi) is 7.29. The standard InChI is InChI=1S/C12H15BrF3N3O4S/c13-9-6-8(7-19-11(17)18)2-3-10(9)22-4-1-5-23-24(20,21)12(14,15)16/h2-3,6H,1,4-5,7H2,(H4,17,18,19). The summed E-state index contributed by atoms with van der Waals surface area (Å²) in [5, 5.41) is 0. The lowest BCUT2D eigenvalue weighted by molar-refractivity contribution is -0.0544. The highest BCUT2D eigenvalue weighted by Crippen LogP contribution is 2.27. The Morgan fingerprint density at radius 1 is 1.25 bits per heavy atom. The second kappa shape index (κ2) is 8.53. The molecule has 0 fully saturated rings. The third-order valence-corrected chi connectivity index (χ3v) is 4.17. The number of guanidine groups is 1. The summed E-state index contributed by atoms with van der Waals surface area (Å²) in [7, 11) is -5.57. The number of rotatable bonds is 8. The Bertz CT molecular complexity index is 691. The van der Waals surface area contributed by atoms with Gasteiger partial charge in [-0.1, -0.05) is 6.07 Å². The monoisotopic (exact) mass is 433 g/mol. The molecule has 1 rings (SSSR count). The molecule has 0 amide bonds. The fourth-order valence-corrected chi connectivity index (χ4v) is 2.43. The van der Waals surface area contributed by atoms with Gasteiger partial charge in [-0.15, -0.1) is 0 Å². The molecule has 1 aromatic rings. The summed E-state index contributed by atoms with van der Waals surface area (Å²) in [6.07, 6.45) is -0.0441. The van der Waals surface area contributed by atoms with Gasteiger partial charge in [-0.2, -0.15) is 21.6 Å². The van der Waals surface area contributed by atoms with Crippen molar-refractivity contribution in [1.82, 2.24) is 0 Å². The Labute approximate surface area is 145 Å². The van der Waals surface area contributed by atoms with Gasteiger partial charge in [-0.25, -0.2) is 4.99 Å². The highest BCUT2D eigenvalue weighted by Gasteiger charge is 2.47. The number of alkyl halides is 3. The zero-order chi connectivity index (χ0) is 18.4. The molecule has 0 unspecified atom stereocenters. The van der Waals surface area contributed by atoms with Crippen molar-refractivity contribution in [3.63, 3.8) is 0 Å². The van der Waals surface area contributed by atoms with E-state index in [1.165, 1.54) is 0 Å². The molecule has 0 heterocycles. The maximum atomic E-state index is 12.0. The minimum Gasteiger partial charge on any atom is -0.492 e. The Morgan fingerprint density at radius 2 is 1.92 bits per heavy atom. The lowest BCUT2D eigenvalue weighted by Gasteiger charge is -2.10. The molecule has 7 nitrogen and oxygen atoms in total. The lowest BCUT2D eigenvalue weighted by Crippen LogP contribution is -2.26. The third-order valence-electron chi connectivity index (χ3n) is 2.51. The summed E-state index contributed by atoms with van der Waals surface area (Å²) in [5.41, 5.74) is 5.83. The maximum absolute atomic E-state index is 12.0. The number of halogens is 4. The molecule has 0 atom stereocenters. The van der Waals surface area contributed by atoms with Crippen molar-refractivity contribution in [2.24, 2.45) is 16.5 Å². The van der Waals surface area contributed by atoms with E-state index in [-0.39, 0.29) is 25.5 Å². The molecule has 0 spiro atoms. The van der Waals surface area contributed by atoms with Crippen LogP contribution >= 0.6 is 15.9 Å². The van der Waals surface area contributed by atoms with Crippen LogP contribution in [0.1, 0.15) is 12.0 Å². The third kappa shape index (κ3) is 6.53. The maximum Gasteiger partial charge on any atom is 0.523 e. The van der Waals surface area contributed by atoms with Crippen LogP contribution in [0.2, 0.25) is 0 Å². The first kappa shape index (κ1) is 20.5. The number of hydrogen-bond donors (Lipinski definition) is 2. The van der Waals surface area contributed by atoms with Crippen LogP contribution in [0.3, 0.4) is 0 Å². The summed E-state index contributed by atoms with van der Waals surface area (Å²) in [5.74, 6) is 0.391. The van der Waals surface area contributed by atoms with Crippen LogP contribution in [0.5, 0.6) is 5.75 Å². The molecule has 1 aromatic carbocycles. The number of nitrogens with zero attached hydrogens (tertiary/aromatic N) is 1. The van der Waals surface area contributed by atoms with E-state index in [9.17, 15) is 21.6 Å². The predicted molar refractivity (Wildman–Crippen MR) is 84.7 cm³/mol. The van der Waals surface area contributed by atoms with Gasteiger partial charge in [0.15, 0.2) is 5.96 Å². The molecule has 12 heteroatoms. The van der Waals surface area contributed by atoms with Gasteiger partial charge < -0.3 is 16.2 Å². The second-order valence-electron chi connectivity index (χ2n) is 4.43. The van der Waals surface area contributed by atoms with Crippen LogP contribution in [-0.4, -0.2) is 33.1 Å². The predicted octanol–water partition coefficient (Wildman–Crippen LogP) is 1.86. The molecule has 24 heavy (non-hydrogen) atoms. The van der Waals surface area contributed by atoms with Gasteiger partial charge >= 0.3 is 15.6 Å². The number of nitrogens with two attached hydrogens (primary N) is 2. The molecule has 0 aliphatic heterocycles. The zero-order valence-corrected chi connectivity index (χ0v) is 14.6. The van der Waals surface area contributed by atoms with Crippen molar-refractivity contribution in [2.45, 2.75) is 18.5 Å². The normalized spacial score (nSPS) is 12.0. The van der Waals surface area contributed by atoms with Crippen molar-refractivity contribution in [3.8, 4) is 5.75 Å². The van der Waals surface area contributed by atoms with Crippen LogP contribution in [0.15, 0.2) is 27.7 Å². The first-order valence-electron chi connectivity index (χ1n) is 6.45. The van der Waals surface area contributed by atoms with Gasteiger partial charge in [0.2, 0.25) is 0 Å². The van der Waals surface area contributed by atoms with E-state index >= 15 is 0 Å². The van der Waals surface area contributed by atoms with Gasteiger partial charge in [0.05, 0.1) is 24.2 Å². The van der Waals surface area contributed by atoms with Crippen LogP contribution < -0.4 is 16.2 Å². The van der Waals surface area contributed by atoms with E-state index in [1.54, 1.807) is 18.2 Å². The van der Waals surface area contributed by atoms with Gasteiger partial charge in [0, 0.05) is 6.42 Å². The molecule has 136 valence electrons. The average Bonchev–Trinajstić information content (AvgIpc) is 2.45. The first-order valence-corrected chi connectivity index (χ1v) is 8.65. The molecule has 0 aromatic heterocycles. The van der Waals surface area contributed by atoms with Crippen molar-refractivity contribution in [3.05, 3.63) is 28.2 Å². The SMILES string of the molecule is NC(N)=NCc1ccc(OCCCOS(=O)(=O)C(F)(F)F)c(Br)c1. The van der Waals surface area contributed by atoms with Crippen molar-refractivity contribution in [1.29, 1.82) is 0 Å². The Balaban J connectivity index is 2.45. The van der Waals surface area contributed by atoms with Crippen LogP contribution in [0.4, 0.5) is 13.2 Å². The van der Waals surface area contributed by atoms with E-state index in [0.29, 0.717) is 10.2 Å². The van der Waals surface area contributed by atoms with Gasteiger partial charge in [0.1, 0.15) is 5.75 Å². The fraction of sp³-hybridized carbons (Fsp3) is 0.417. The van der Waals surface area contributed by atoms with E-state index < -0.39 is 22.2 Å². The lowest BCUT2D eigenvalue weighted by atomic mass is 10.2. The number of ether oxygens (including phenoxy) is 1. The van der Waals surface area contributed by atoms with Crippen molar-refractivity contribution < 1.29 is 30.5 Å². The zero-order valence-electron chi connectivity index (χ0n) is 12.2. The smallest absolute Gasteiger partial charge is 0.492 e. The quantitative estimate of drug-likeness (QED) is 0.212. The number of benzene rings is 1. The minimum absolute atomic E-state index is 0.0285. The molecule has 0 aliphatic carbocycles. The second-order valence-corrected chi connectivity index (χ2v) is 6.89. The van der Waals surface area contributed by atoms with E-state index in [2.05, 4.69) is 25.1 Å². The topological polar surface area (TPSA) is 117 Å². The Hall–Kier alpha value is -1.53. The van der Waals surface area contributed by atoms with Crippen LogP contribution in [0.25, 0.3) is 0 Å². The summed E-state index contributed by atoms with van der Waals surface area (Å²) >= 11 is 3.27. The molecule has 0 radical (unpaired) electrons. The van der Waals surface area contributed by atoms with E-state index in [0.717, 1.165) is 5.56 Å².